The van der Waals surface area contributed by atoms with Crippen molar-refractivity contribution >= 4 is 28.7 Å². The third kappa shape index (κ3) is 4.73. The Balaban J connectivity index is 1.34. The number of ether oxygens (including phenoxy) is 1. The van der Waals surface area contributed by atoms with Gasteiger partial charge in [-0.15, -0.1) is 0 Å². The molecule has 0 bridgehead atoms. The Labute approximate surface area is 176 Å². The Hall–Kier alpha value is -4.53. The molecule has 2 aromatic heterocycles. The zero-order chi connectivity index (χ0) is 21.6. The van der Waals surface area contributed by atoms with Gasteiger partial charge in [-0.2, -0.15) is 5.10 Å². The van der Waals surface area contributed by atoms with Gasteiger partial charge in [0.2, 0.25) is 0 Å². The Kier molecular flexibility index (Phi) is 5.66. The van der Waals surface area contributed by atoms with E-state index in [-0.39, 0.29) is 12.3 Å². The van der Waals surface area contributed by atoms with Crippen LogP contribution < -0.4 is 10.2 Å². The van der Waals surface area contributed by atoms with Gasteiger partial charge >= 0.3 is 0 Å². The summed E-state index contributed by atoms with van der Waals surface area (Å²) in [5.74, 6) is 0.878. The highest BCUT2D eigenvalue weighted by Gasteiger charge is 2.10. The molecule has 0 fully saturated rings. The van der Waals surface area contributed by atoms with E-state index in [0.29, 0.717) is 28.4 Å². The van der Waals surface area contributed by atoms with E-state index in [1.54, 1.807) is 36.5 Å². The van der Waals surface area contributed by atoms with E-state index in [1.165, 1.54) is 18.3 Å². The lowest BCUT2D eigenvalue weighted by molar-refractivity contribution is -0.384. The van der Waals surface area contributed by atoms with Crippen molar-refractivity contribution in [3.8, 4) is 17.1 Å². The normalized spacial score (nSPS) is 11.0. The quantitative estimate of drug-likeness (QED) is 0.277. The summed E-state index contributed by atoms with van der Waals surface area (Å²) >= 11 is 0. The summed E-state index contributed by atoms with van der Waals surface area (Å²) in [5, 5.41) is 15.7. The molecule has 0 aliphatic heterocycles. The maximum absolute atomic E-state index is 12.0. The van der Waals surface area contributed by atoms with E-state index in [1.807, 2.05) is 24.3 Å². The molecule has 0 atom stereocenters. The van der Waals surface area contributed by atoms with Crippen LogP contribution in [0.4, 0.5) is 5.69 Å². The second kappa shape index (κ2) is 8.87. The van der Waals surface area contributed by atoms with Crippen LogP contribution in [-0.2, 0) is 4.79 Å². The van der Waals surface area contributed by atoms with Crippen LogP contribution in [0.25, 0.3) is 22.2 Å². The molecule has 0 unspecified atom stereocenters. The number of benzene rings is 2. The topological polar surface area (TPSA) is 120 Å². The summed E-state index contributed by atoms with van der Waals surface area (Å²) in [6.07, 6.45) is 2.99. The Morgan fingerprint density at radius 2 is 2.00 bits per heavy atom. The van der Waals surface area contributed by atoms with Crippen LogP contribution in [0, 0.1) is 10.1 Å². The average Bonchev–Trinajstić information content (AvgIpc) is 3.27. The van der Waals surface area contributed by atoms with Crippen LogP contribution >= 0.6 is 0 Å². The van der Waals surface area contributed by atoms with Crippen molar-refractivity contribution in [3.05, 3.63) is 88.8 Å². The first-order valence-corrected chi connectivity index (χ1v) is 9.23. The molecule has 1 amide bonds. The number of rotatable bonds is 7. The van der Waals surface area contributed by atoms with Crippen molar-refractivity contribution in [1.29, 1.82) is 0 Å². The second-order valence-corrected chi connectivity index (χ2v) is 6.42. The molecule has 0 aliphatic rings. The highest BCUT2D eigenvalue weighted by molar-refractivity contribution is 5.85. The summed E-state index contributed by atoms with van der Waals surface area (Å²) in [5.41, 5.74) is 3.57. The van der Waals surface area contributed by atoms with E-state index < -0.39 is 10.8 Å². The predicted octanol–water partition coefficient (Wildman–Crippen LogP) is 3.93. The average molecular weight is 416 g/mol. The highest BCUT2D eigenvalue weighted by Crippen LogP contribution is 2.25. The Bertz CT molecular complexity index is 1280. The lowest BCUT2D eigenvalue weighted by atomic mass is 10.1. The van der Waals surface area contributed by atoms with Crippen LogP contribution in [0.2, 0.25) is 0 Å². The zero-order valence-corrected chi connectivity index (χ0v) is 16.1. The third-order valence-corrected chi connectivity index (χ3v) is 4.30. The number of nitro benzene ring substituents is 1. The molecule has 4 rings (SSSR count). The Morgan fingerprint density at radius 1 is 1.16 bits per heavy atom. The number of nitrogens with one attached hydrogen (secondary N) is 1. The van der Waals surface area contributed by atoms with Gasteiger partial charge < -0.3 is 9.15 Å². The van der Waals surface area contributed by atoms with Gasteiger partial charge in [0.15, 0.2) is 6.61 Å². The number of furan rings is 1. The summed E-state index contributed by atoms with van der Waals surface area (Å²) < 4.78 is 11.2. The molecule has 0 radical (unpaired) electrons. The van der Waals surface area contributed by atoms with Crippen LogP contribution in [0.15, 0.2) is 82.4 Å². The standard InChI is InChI=1S/C22H16N4O5/c27-21(14-30-20-8-2-4-15-6-3-11-23-22(15)20)25-24-13-18-9-10-19(31-18)16-5-1-7-17(12-16)26(28)29/h1-13H,14H2,(H,25,27)/b24-13-. The smallest absolute Gasteiger partial charge is 0.277 e. The molecule has 0 aliphatic carbocycles. The van der Waals surface area contributed by atoms with E-state index in [4.69, 9.17) is 9.15 Å². The van der Waals surface area contributed by atoms with Gasteiger partial charge in [-0.3, -0.25) is 19.9 Å². The van der Waals surface area contributed by atoms with Crippen LogP contribution in [-0.4, -0.2) is 28.6 Å². The van der Waals surface area contributed by atoms with E-state index >= 15 is 0 Å². The van der Waals surface area contributed by atoms with E-state index in [2.05, 4.69) is 15.5 Å². The van der Waals surface area contributed by atoms with Gasteiger partial charge in [0, 0.05) is 29.3 Å². The molecule has 4 aromatic rings. The molecule has 9 nitrogen and oxygen atoms in total. The number of carbonyl (C=O) groups excluding carboxylic acids is 1. The number of hydrazone groups is 1. The molecule has 2 heterocycles. The first kappa shape index (κ1) is 19.8. The molecule has 0 saturated heterocycles. The fraction of sp³-hybridized carbons (Fsp3) is 0.0455. The number of aromatic nitrogens is 1. The molecule has 31 heavy (non-hydrogen) atoms. The minimum Gasteiger partial charge on any atom is -0.481 e. The SMILES string of the molecule is O=C(COc1cccc2cccnc12)N/N=C\c1ccc(-c2cccc([N+](=O)[O-])c2)o1. The van der Waals surface area contributed by atoms with Gasteiger partial charge in [0.1, 0.15) is 22.8 Å². The summed E-state index contributed by atoms with van der Waals surface area (Å²) in [6, 6.07) is 18.6. The predicted molar refractivity (Wildman–Crippen MR) is 114 cm³/mol. The first-order chi connectivity index (χ1) is 15.1. The molecule has 0 saturated carbocycles. The molecular formula is C22H16N4O5. The van der Waals surface area contributed by atoms with Crippen LogP contribution in [0.5, 0.6) is 5.75 Å². The van der Waals surface area contributed by atoms with Gasteiger partial charge in [-0.05, 0) is 24.3 Å². The number of pyridine rings is 1. The van der Waals surface area contributed by atoms with E-state index in [0.717, 1.165) is 5.39 Å². The number of non-ortho nitro benzene ring substituents is 1. The second-order valence-electron chi connectivity index (χ2n) is 6.42. The number of hydrogen-bond donors (Lipinski definition) is 1. The van der Waals surface area contributed by atoms with E-state index in [9.17, 15) is 14.9 Å². The highest BCUT2D eigenvalue weighted by atomic mass is 16.6. The van der Waals surface area contributed by atoms with Gasteiger partial charge in [0.25, 0.3) is 11.6 Å². The lowest BCUT2D eigenvalue weighted by Gasteiger charge is -2.07. The number of hydrogen-bond acceptors (Lipinski definition) is 7. The summed E-state index contributed by atoms with van der Waals surface area (Å²) in [7, 11) is 0. The zero-order valence-electron chi connectivity index (χ0n) is 16.1. The van der Waals surface area contributed by atoms with Crippen molar-refractivity contribution in [2.75, 3.05) is 6.61 Å². The lowest BCUT2D eigenvalue weighted by Crippen LogP contribution is -2.24. The molecule has 0 spiro atoms. The Morgan fingerprint density at radius 3 is 2.87 bits per heavy atom. The fourth-order valence-electron chi connectivity index (χ4n) is 2.89. The number of fused-ring (bicyclic) bond motifs is 1. The van der Waals surface area contributed by atoms with Crippen molar-refractivity contribution in [2.45, 2.75) is 0 Å². The van der Waals surface area contributed by atoms with Crippen molar-refractivity contribution in [2.24, 2.45) is 5.10 Å². The van der Waals surface area contributed by atoms with Crippen molar-refractivity contribution in [1.82, 2.24) is 10.4 Å². The number of nitro groups is 1. The minimum absolute atomic E-state index is 0.0298. The summed E-state index contributed by atoms with van der Waals surface area (Å²) in [4.78, 5) is 26.7. The molecular weight excluding hydrogens is 400 g/mol. The monoisotopic (exact) mass is 416 g/mol. The summed E-state index contributed by atoms with van der Waals surface area (Å²) in [6.45, 7) is -0.232. The molecule has 154 valence electrons. The number of para-hydroxylation sites is 1. The minimum atomic E-state index is -0.472. The van der Waals surface area contributed by atoms with Crippen molar-refractivity contribution < 1.29 is 18.9 Å². The first-order valence-electron chi connectivity index (χ1n) is 9.23. The van der Waals surface area contributed by atoms with Crippen LogP contribution in [0.1, 0.15) is 5.76 Å². The molecule has 2 aromatic carbocycles. The molecule has 9 heteroatoms. The molecule has 1 N–H and O–H groups in total. The van der Waals surface area contributed by atoms with Crippen LogP contribution in [0.3, 0.4) is 0 Å². The number of amides is 1. The third-order valence-electron chi connectivity index (χ3n) is 4.30. The van der Waals surface area contributed by atoms with Gasteiger partial charge in [-0.25, -0.2) is 5.43 Å². The maximum Gasteiger partial charge on any atom is 0.277 e. The fourth-order valence-corrected chi connectivity index (χ4v) is 2.89. The number of carbonyl (C=O) groups is 1. The maximum atomic E-state index is 12.0. The number of nitrogens with zero attached hydrogens (tertiary/aromatic N) is 3. The van der Waals surface area contributed by atoms with Gasteiger partial charge in [0.05, 0.1) is 11.1 Å². The van der Waals surface area contributed by atoms with Crippen molar-refractivity contribution in [3.63, 3.8) is 0 Å². The largest absolute Gasteiger partial charge is 0.481 e. The van der Waals surface area contributed by atoms with Gasteiger partial charge in [-0.1, -0.05) is 30.3 Å².